The smallest absolute Gasteiger partial charge is 0.215 e. The van der Waals surface area contributed by atoms with E-state index in [4.69, 9.17) is 4.74 Å². The molecule has 2 aromatic carbocycles. The number of hydrogen-bond acceptors (Lipinski definition) is 5. The maximum Gasteiger partial charge on any atom is 0.215 e. The number of aryl methyl sites for hydroxylation is 2. The number of pyridine rings is 1. The molecule has 0 fully saturated rings. The first kappa shape index (κ1) is 17.0. The molecule has 0 unspecified atom stereocenters. The Bertz CT molecular complexity index is 1150. The number of para-hydroxylation sites is 2. The highest BCUT2D eigenvalue weighted by Gasteiger charge is 2.32. The average Bonchev–Trinajstić information content (AvgIpc) is 2.66. The molecular formula is C22H18N2O3. The van der Waals surface area contributed by atoms with Crippen molar-refractivity contribution in [1.82, 2.24) is 4.98 Å². The van der Waals surface area contributed by atoms with Gasteiger partial charge in [-0.2, -0.15) is 0 Å². The van der Waals surface area contributed by atoms with Crippen LogP contribution in [0.4, 0.5) is 5.69 Å². The standard InChI is InChI=1S/C22H18N2O3/c1-12-7-4-5-10-15(12)23-16-11-17(25)20-18(21(16)26)22(27-3)14-9-6-8-13(2)19(14)24-20/h4-11,23H,1-3H3. The molecule has 4 rings (SSSR count). The van der Waals surface area contributed by atoms with E-state index in [1.165, 1.54) is 13.2 Å². The zero-order chi connectivity index (χ0) is 19.1. The van der Waals surface area contributed by atoms with E-state index in [9.17, 15) is 9.59 Å². The van der Waals surface area contributed by atoms with Gasteiger partial charge in [-0.15, -0.1) is 0 Å². The zero-order valence-electron chi connectivity index (χ0n) is 15.3. The summed E-state index contributed by atoms with van der Waals surface area (Å²) in [7, 11) is 1.50. The van der Waals surface area contributed by atoms with Crippen LogP contribution in [0, 0.1) is 13.8 Å². The van der Waals surface area contributed by atoms with E-state index in [2.05, 4.69) is 10.3 Å². The highest BCUT2D eigenvalue weighted by molar-refractivity contribution is 6.27. The number of fused-ring (bicyclic) bond motifs is 2. The molecule has 3 aromatic rings. The second-order valence-electron chi connectivity index (χ2n) is 6.53. The molecule has 0 aliphatic heterocycles. The van der Waals surface area contributed by atoms with Crippen LogP contribution in [0.3, 0.4) is 0 Å². The predicted molar refractivity (Wildman–Crippen MR) is 105 cm³/mol. The second-order valence-corrected chi connectivity index (χ2v) is 6.53. The number of carbonyl (C=O) groups excluding carboxylic acids is 2. The van der Waals surface area contributed by atoms with Gasteiger partial charge in [0, 0.05) is 17.1 Å². The highest BCUT2D eigenvalue weighted by atomic mass is 16.5. The van der Waals surface area contributed by atoms with Gasteiger partial charge in [0.25, 0.3) is 0 Å². The molecule has 0 bridgehead atoms. The van der Waals surface area contributed by atoms with Gasteiger partial charge in [0.2, 0.25) is 11.6 Å². The van der Waals surface area contributed by atoms with Gasteiger partial charge < -0.3 is 10.1 Å². The lowest BCUT2D eigenvalue weighted by molar-refractivity contribution is 0.0979. The topological polar surface area (TPSA) is 68.3 Å². The molecule has 0 spiro atoms. The fraction of sp³-hybridized carbons (Fsp3) is 0.136. The van der Waals surface area contributed by atoms with Crippen molar-refractivity contribution >= 4 is 28.2 Å². The molecule has 1 aliphatic carbocycles. The second kappa shape index (κ2) is 6.36. The molecule has 0 radical (unpaired) electrons. The predicted octanol–water partition coefficient (Wildman–Crippen LogP) is 4.24. The van der Waals surface area contributed by atoms with E-state index < -0.39 is 0 Å². The number of benzene rings is 2. The summed E-state index contributed by atoms with van der Waals surface area (Å²) in [6.07, 6.45) is 1.31. The number of hydrogen-bond donors (Lipinski definition) is 1. The van der Waals surface area contributed by atoms with E-state index in [1.807, 2.05) is 56.3 Å². The van der Waals surface area contributed by atoms with E-state index in [0.29, 0.717) is 11.3 Å². The SMILES string of the molecule is COc1c2c(nc3c(C)cccc13)C(=O)C=C(Nc1ccccc1C)C2=O. The molecular weight excluding hydrogens is 340 g/mol. The lowest BCUT2D eigenvalue weighted by atomic mass is 9.93. The summed E-state index contributed by atoms with van der Waals surface area (Å²) in [6, 6.07) is 13.2. The Labute approximate surface area is 156 Å². The third-order valence-electron chi connectivity index (χ3n) is 4.77. The van der Waals surface area contributed by atoms with Gasteiger partial charge >= 0.3 is 0 Å². The number of ketones is 2. The Morgan fingerprint density at radius 3 is 2.44 bits per heavy atom. The first-order chi connectivity index (χ1) is 13.0. The number of rotatable bonds is 3. The van der Waals surface area contributed by atoms with Crippen LogP contribution in [0.2, 0.25) is 0 Å². The molecule has 0 saturated carbocycles. The first-order valence-electron chi connectivity index (χ1n) is 8.62. The number of carbonyl (C=O) groups is 2. The Balaban J connectivity index is 1.89. The summed E-state index contributed by atoms with van der Waals surface area (Å²) in [4.78, 5) is 30.4. The van der Waals surface area contributed by atoms with Crippen molar-refractivity contribution in [2.45, 2.75) is 13.8 Å². The quantitative estimate of drug-likeness (QED) is 0.759. The molecule has 0 amide bonds. The average molecular weight is 358 g/mol. The van der Waals surface area contributed by atoms with Crippen LogP contribution >= 0.6 is 0 Å². The normalized spacial score (nSPS) is 13.4. The number of nitrogens with zero attached hydrogens (tertiary/aromatic N) is 1. The number of methoxy groups -OCH3 is 1. The van der Waals surface area contributed by atoms with Crippen molar-refractivity contribution in [3.8, 4) is 5.75 Å². The number of ether oxygens (including phenoxy) is 1. The van der Waals surface area contributed by atoms with Crippen LogP contribution in [0.5, 0.6) is 5.75 Å². The van der Waals surface area contributed by atoms with Crippen molar-refractivity contribution < 1.29 is 14.3 Å². The molecule has 1 aromatic heterocycles. The molecule has 1 N–H and O–H groups in total. The lowest BCUT2D eigenvalue weighted by Crippen LogP contribution is -2.24. The number of allylic oxidation sites excluding steroid dienone is 2. The van der Waals surface area contributed by atoms with Crippen LogP contribution in [-0.4, -0.2) is 23.7 Å². The number of Topliss-reactive ketones (excluding diaryl/α,β-unsaturated/α-hetero) is 1. The van der Waals surface area contributed by atoms with E-state index >= 15 is 0 Å². The van der Waals surface area contributed by atoms with Gasteiger partial charge in [-0.1, -0.05) is 30.3 Å². The summed E-state index contributed by atoms with van der Waals surface area (Å²) in [5.41, 5.74) is 3.89. The molecule has 0 atom stereocenters. The van der Waals surface area contributed by atoms with Gasteiger partial charge in [-0.25, -0.2) is 4.98 Å². The summed E-state index contributed by atoms with van der Waals surface area (Å²) in [6.45, 7) is 3.85. The van der Waals surface area contributed by atoms with Crippen molar-refractivity contribution in [3.63, 3.8) is 0 Å². The Morgan fingerprint density at radius 2 is 1.70 bits per heavy atom. The Kier molecular flexibility index (Phi) is 4.00. The zero-order valence-corrected chi connectivity index (χ0v) is 15.3. The van der Waals surface area contributed by atoms with Crippen molar-refractivity contribution in [3.05, 3.63) is 76.6 Å². The number of nitrogens with one attached hydrogen (secondary N) is 1. The molecule has 0 saturated heterocycles. The first-order valence-corrected chi connectivity index (χ1v) is 8.62. The van der Waals surface area contributed by atoms with Gasteiger partial charge in [0.05, 0.1) is 23.9 Å². The summed E-state index contributed by atoms with van der Waals surface area (Å²) in [5, 5.41) is 3.81. The van der Waals surface area contributed by atoms with Crippen molar-refractivity contribution in [2.75, 3.05) is 12.4 Å². The lowest BCUT2D eigenvalue weighted by Gasteiger charge is -2.20. The van der Waals surface area contributed by atoms with Crippen LogP contribution in [0.1, 0.15) is 32.0 Å². The molecule has 134 valence electrons. The minimum Gasteiger partial charge on any atom is -0.495 e. The number of anilines is 1. The van der Waals surface area contributed by atoms with Gasteiger partial charge in [0.1, 0.15) is 11.4 Å². The molecule has 1 aliphatic rings. The molecule has 5 heteroatoms. The fourth-order valence-electron chi connectivity index (χ4n) is 3.35. The summed E-state index contributed by atoms with van der Waals surface area (Å²) < 4.78 is 5.55. The van der Waals surface area contributed by atoms with Gasteiger partial charge in [-0.3, -0.25) is 9.59 Å². The van der Waals surface area contributed by atoms with Crippen molar-refractivity contribution in [1.29, 1.82) is 0 Å². The monoisotopic (exact) mass is 358 g/mol. The fourth-order valence-corrected chi connectivity index (χ4v) is 3.35. The van der Waals surface area contributed by atoms with Crippen LogP contribution in [-0.2, 0) is 0 Å². The van der Waals surface area contributed by atoms with E-state index in [1.54, 1.807) is 0 Å². The van der Waals surface area contributed by atoms with E-state index in [-0.39, 0.29) is 28.5 Å². The van der Waals surface area contributed by atoms with Crippen LogP contribution in [0.25, 0.3) is 10.9 Å². The molecule has 1 heterocycles. The minimum atomic E-state index is -0.316. The van der Waals surface area contributed by atoms with Crippen molar-refractivity contribution in [2.24, 2.45) is 0 Å². The Morgan fingerprint density at radius 1 is 0.963 bits per heavy atom. The summed E-state index contributed by atoms with van der Waals surface area (Å²) in [5.74, 6) is -0.237. The largest absolute Gasteiger partial charge is 0.495 e. The molecule has 27 heavy (non-hydrogen) atoms. The Hall–Kier alpha value is -3.47. The van der Waals surface area contributed by atoms with Crippen LogP contribution in [0.15, 0.2) is 54.2 Å². The van der Waals surface area contributed by atoms with E-state index in [0.717, 1.165) is 22.2 Å². The minimum absolute atomic E-state index is 0.133. The maximum atomic E-state index is 13.2. The summed E-state index contributed by atoms with van der Waals surface area (Å²) >= 11 is 0. The maximum absolute atomic E-state index is 13.2. The third kappa shape index (κ3) is 2.68. The van der Waals surface area contributed by atoms with Crippen LogP contribution < -0.4 is 10.1 Å². The number of aromatic nitrogens is 1. The van der Waals surface area contributed by atoms with Gasteiger partial charge in [0.15, 0.2) is 0 Å². The van der Waals surface area contributed by atoms with Gasteiger partial charge in [-0.05, 0) is 37.1 Å². The third-order valence-corrected chi connectivity index (χ3v) is 4.77. The molecule has 5 nitrogen and oxygen atoms in total. The highest BCUT2D eigenvalue weighted by Crippen LogP contribution is 2.36.